The molecule has 2 nitrogen and oxygen atoms in total. The molecular formula is C14H14O2. The fourth-order valence-electron chi connectivity index (χ4n) is 2.50. The van der Waals surface area contributed by atoms with Crippen LogP contribution in [-0.4, -0.2) is 11.9 Å². The molecule has 2 heteroatoms. The average Bonchev–Trinajstić information content (AvgIpc) is 2.78. The average molecular weight is 214 g/mol. The number of allylic oxidation sites excluding steroid dienone is 1. The Morgan fingerprint density at radius 2 is 1.94 bits per heavy atom. The molecule has 0 aromatic heterocycles. The highest BCUT2D eigenvalue weighted by Crippen LogP contribution is 2.38. The number of fused-ring (bicyclic) bond motifs is 2. The number of benzene rings is 1. The molecule has 0 radical (unpaired) electrons. The molecule has 3 rings (SSSR count). The predicted octanol–water partition coefficient (Wildman–Crippen LogP) is 2.52. The Morgan fingerprint density at radius 3 is 2.50 bits per heavy atom. The summed E-state index contributed by atoms with van der Waals surface area (Å²) in [5.74, 6) is 1.30. The van der Waals surface area contributed by atoms with Crippen LogP contribution in [0.25, 0.3) is 0 Å². The summed E-state index contributed by atoms with van der Waals surface area (Å²) in [5, 5.41) is 0. The third-order valence-corrected chi connectivity index (χ3v) is 3.44. The van der Waals surface area contributed by atoms with Crippen LogP contribution in [0.3, 0.4) is 0 Å². The molecule has 1 fully saturated rings. The number of ketones is 1. The van der Waals surface area contributed by atoms with Crippen LogP contribution in [0.2, 0.25) is 0 Å². The van der Waals surface area contributed by atoms with E-state index in [0.717, 1.165) is 12.2 Å². The lowest BCUT2D eigenvalue weighted by molar-refractivity contribution is -0.121. The molecule has 0 N–H and O–H groups in total. The fourth-order valence-corrected chi connectivity index (χ4v) is 2.50. The van der Waals surface area contributed by atoms with Crippen molar-refractivity contribution in [3.05, 3.63) is 42.0 Å². The maximum atomic E-state index is 11.7. The lowest BCUT2D eigenvalue weighted by Crippen LogP contribution is -2.23. The number of rotatable bonds is 2. The Labute approximate surface area is 94.9 Å². The van der Waals surface area contributed by atoms with Gasteiger partial charge < -0.3 is 4.74 Å². The number of carbonyl (C=O) groups is 1. The molecule has 1 aromatic carbocycles. The molecule has 0 heterocycles. The molecule has 1 aromatic rings. The van der Waals surface area contributed by atoms with Crippen LogP contribution in [0, 0.1) is 18.8 Å². The molecule has 3 unspecified atom stereocenters. The number of Topliss-reactive ketones (excluding diaryl/α,β-unsaturated/α-hetero) is 1. The van der Waals surface area contributed by atoms with Crippen molar-refractivity contribution in [1.82, 2.24) is 0 Å². The minimum absolute atomic E-state index is 0.00805. The summed E-state index contributed by atoms with van der Waals surface area (Å²) < 4.78 is 5.86. The molecule has 0 saturated heterocycles. The Hall–Kier alpha value is -1.57. The quantitative estimate of drug-likeness (QED) is 0.707. The smallest absolute Gasteiger partial charge is 0.150 e. The highest BCUT2D eigenvalue weighted by Gasteiger charge is 2.44. The van der Waals surface area contributed by atoms with Crippen LogP contribution >= 0.6 is 0 Å². The van der Waals surface area contributed by atoms with Gasteiger partial charge in [-0.2, -0.15) is 0 Å². The minimum Gasteiger partial charge on any atom is -0.489 e. The number of hydrogen-bond donors (Lipinski definition) is 0. The normalized spacial score (nSPS) is 31.1. The van der Waals surface area contributed by atoms with Crippen molar-refractivity contribution in [2.24, 2.45) is 11.8 Å². The summed E-state index contributed by atoms with van der Waals surface area (Å²) in [6, 6.07) is 7.99. The highest BCUT2D eigenvalue weighted by atomic mass is 16.5. The molecule has 0 aliphatic heterocycles. The molecule has 1 saturated carbocycles. The second kappa shape index (κ2) is 3.48. The van der Waals surface area contributed by atoms with Crippen molar-refractivity contribution in [3.63, 3.8) is 0 Å². The zero-order valence-corrected chi connectivity index (χ0v) is 9.22. The first-order valence-corrected chi connectivity index (χ1v) is 5.69. The minimum atomic E-state index is -0.00805. The SMILES string of the molecule is Cc1ccc(OC2CC3C=CC2C3=O)cc1. The van der Waals surface area contributed by atoms with E-state index in [9.17, 15) is 4.79 Å². The van der Waals surface area contributed by atoms with Crippen LogP contribution < -0.4 is 4.74 Å². The van der Waals surface area contributed by atoms with Crippen molar-refractivity contribution < 1.29 is 9.53 Å². The van der Waals surface area contributed by atoms with E-state index in [4.69, 9.17) is 4.74 Å². The standard InChI is InChI=1S/C14H14O2/c1-9-2-5-11(6-3-9)16-13-8-10-4-7-12(13)14(10)15/h2-7,10,12-13H,8H2,1H3. The van der Waals surface area contributed by atoms with Crippen molar-refractivity contribution in [2.75, 3.05) is 0 Å². The number of ether oxygens (including phenoxy) is 1. The molecule has 2 bridgehead atoms. The van der Waals surface area contributed by atoms with Gasteiger partial charge in [-0.25, -0.2) is 0 Å². The van der Waals surface area contributed by atoms with Crippen molar-refractivity contribution in [2.45, 2.75) is 19.4 Å². The fraction of sp³-hybridized carbons (Fsp3) is 0.357. The molecule has 0 amide bonds. The van der Waals surface area contributed by atoms with Gasteiger partial charge in [0.1, 0.15) is 17.6 Å². The van der Waals surface area contributed by atoms with Gasteiger partial charge in [0.25, 0.3) is 0 Å². The van der Waals surface area contributed by atoms with Crippen molar-refractivity contribution in [3.8, 4) is 5.75 Å². The Morgan fingerprint density at radius 1 is 1.19 bits per heavy atom. The van der Waals surface area contributed by atoms with Crippen LogP contribution in [0.1, 0.15) is 12.0 Å². The monoisotopic (exact) mass is 214 g/mol. The topological polar surface area (TPSA) is 26.3 Å². The van der Waals surface area contributed by atoms with Gasteiger partial charge in [0, 0.05) is 5.92 Å². The van der Waals surface area contributed by atoms with E-state index < -0.39 is 0 Å². The number of aryl methyl sites for hydroxylation is 1. The predicted molar refractivity (Wildman–Crippen MR) is 61.3 cm³/mol. The molecular weight excluding hydrogens is 200 g/mol. The third kappa shape index (κ3) is 1.45. The van der Waals surface area contributed by atoms with Gasteiger partial charge >= 0.3 is 0 Å². The Kier molecular flexibility index (Phi) is 2.10. The van der Waals surface area contributed by atoms with Crippen molar-refractivity contribution in [1.29, 1.82) is 0 Å². The van der Waals surface area contributed by atoms with E-state index in [2.05, 4.69) is 0 Å². The molecule has 0 spiro atoms. The van der Waals surface area contributed by atoms with Gasteiger partial charge in [0.15, 0.2) is 0 Å². The van der Waals surface area contributed by atoms with E-state index in [1.807, 2.05) is 43.3 Å². The van der Waals surface area contributed by atoms with Gasteiger partial charge in [-0.1, -0.05) is 29.8 Å². The summed E-state index contributed by atoms with van der Waals surface area (Å²) in [7, 11) is 0. The second-order valence-corrected chi connectivity index (χ2v) is 4.62. The van der Waals surface area contributed by atoms with Crippen LogP contribution in [0.15, 0.2) is 36.4 Å². The summed E-state index contributed by atoms with van der Waals surface area (Å²) in [4.78, 5) is 11.7. The zero-order valence-electron chi connectivity index (χ0n) is 9.22. The van der Waals surface area contributed by atoms with Gasteiger partial charge in [0.05, 0.1) is 5.92 Å². The first-order chi connectivity index (χ1) is 7.74. The van der Waals surface area contributed by atoms with E-state index in [1.165, 1.54) is 5.56 Å². The zero-order chi connectivity index (χ0) is 11.1. The van der Waals surface area contributed by atoms with Crippen LogP contribution in [-0.2, 0) is 4.79 Å². The third-order valence-electron chi connectivity index (χ3n) is 3.44. The first-order valence-electron chi connectivity index (χ1n) is 5.69. The van der Waals surface area contributed by atoms with Gasteiger partial charge in [-0.05, 0) is 25.5 Å². The summed E-state index contributed by atoms with van der Waals surface area (Å²) in [6.07, 6.45) is 4.90. The largest absolute Gasteiger partial charge is 0.489 e. The second-order valence-electron chi connectivity index (χ2n) is 4.62. The summed E-state index contributed by atoms with van der Waals surface area (Å²) >= 11 is 0. The van der Waals surface area contributed by atoms with Gasteiger partial charge in [0.2, 0.25) is 0 Å². The lowest BCUT2D eigenvalue weighted by atomic mass is 10.0. The molecule has 16 heavy (non-hydrogen) atoms. The van der Waals surface area contributed by atoms with E-state index in [-0.39, 0.29) is 17.9 Å². The Bertz CT molecular complexity index is 444. The van der Waals surface area contributed by atoms with Crippen LogP contribution in [0.4, 0.5) is 0 Å². The highest BCUT2D eigenvalue weighted by molar-refractivity contribution is 5.92. The van der Waals surface area contributed by atoms with E-state index in [1.54, 1.807) is 0 Å². The Balaban J connectivity index is 1.75. The summed E-state index contributed by atoms with van der Waals surface area (Å²) in [6.45, 7) is 2.05. The van der Waals surface area contributed by atoms with Crippen LogP contribution in [0.5, 0.6) is 5.75 Å². The first kappa shape index (κ1) is 9.64. The van der Waals surface area contributed by atoms with E-state index >= 15 is 0 Å². The maximum Gasteiger partial charge on any atom is 0.150 e. The molecule has 82 valence electrons. The molecule has 2 aliphatic rings. The lowest BCUT2D eigenvalue weighted by Gasteiger charge is -2.18. The maximum absolute atomic E-state index is 11.7. The van der Waals surface area contributed by atoms with Gasteiger partial charge in [-0.15, -0.1) is 0 Å². The summed E-state index contributed by atoms with van der Waals surface area (Å²) in [5.41, 5.74) is 1.22. The van der Waals surface area contributed by atoms with Crippen molar-refractivity contribution >= 4 is 5.78 Å². The molecule has 3 atom stereocenters. The number of hydrogen-bond acceptors (Lipinski definition) is 2. The van der Waals surface area contributed by atoms with Gasteiger partial charge in [-0.3, -0.25) is 4.79 Å². The molecule has 2 aliphatic carbocycles. The van der Waals surface area contributed by atoms with E-state index in [0.29, 0.717) is 5.78 Å². The number of carbonyl (C=O) groups excluding carboxylic acids is 1.